The predicted molar refractivity (Wildman–Crippen MR) is 151 cm³/mol. The van der Waals surface area contributed by atoms with E-state index in [0.29, 0.717) is 18.7 Å². The molecule has 1 aliphatic rings. The Balaban J connectivity index is 1.46. The second-order valence-electron chi connectivity index (χ2n) is 10.2. The number of hydrogen-bond donors (Lipinski definition) is 1. The highest BCUT2D eigenvalue weighted by Gasteiger charge is 2.24. The van der Waals surface area contributed by atoms with Crippen LogP contribution in [0.5, 0.6) is 0 Å². The highest BCUT2D eigenvalue weighted by molar-refractivity contribution is 6.25. The first-order chi connectivity index (χ1) is 17.6. The van der Waals surface area contributed by atoms with Crippen LogP contribution in [0.2, 0.25) is 0 Å². The van der Waals surface area contributed by atoms with E-state index >= 15 is 0 Å². The second kappa shape index (κ2) is 18.6. The number of nitrogens with one attached hydrogen (secondary N) is 1. The number of rotatable bonds is 20. The predicted octanol–water partition coefficient (Wildman–Crippen LogP) is 7.90. The molecule has 36 heavy (non-hydrogen) atoms. The van der Waals surface area contributed by atoms with Crippen LogP contribution in [0.15, 0.2) is 48.8 Å². The van der Waals surface area contributed by atoms with Crippen molar-refractivity contribution >= 4 is 17.5 Å². The van der Waals surface area contributed by atoms with Gasteiger partial charge in [-0.1, -0.05) is 114 Å². The van der Waals surface area contributed by atoms with Gasteiger partial charge in [0, 0.05) is 31.2 Å². The molecule has 0 unspecified atom stereocenters. The lowest BCUT2D eigenvalue weighted by Crippen LogP contribution is -2.33. The lowest BCUT2D eigenvalue weighted by Gasteiger charge is -2.25. The molecule has 1 N–H and O–H groups in total. The lowest BCUT2D eigenvalue weighted by atomic mass is 10.0. The third-order valence-corrected chi connectivity index (χ3v) is 7.34. The second-order valence-corrected chi connectivity index (χ2v) is 10.7. The minimum atomic E-state index is -0.857. The molecule has 1 aromatic heterocycles. The normalized spacial score (nSPS) is 19.0. The summed E-state index contributed by atoms with van der Waals surface area (Å²) in [4.78, 5) is 12.4. The van der Waals surface area contributed by atoms with Gasteiger partial charge in [-0.25, -0.2) is 4.57 Å². The maximum atomic E-state index is 12.4. The molecule has 1 aromatic rings. The van der Waals surface area contributed by atoms with Crippen LogP contribution in [0, 0.1) is 5.92 Å². The first kappa shape index (κ1) is 30.6. The van der Waals surface area contributed by atoms with Gasteiger partial charge in [-0.05, 0) is 25.5 Å². The van der Waals surface area contributed by atoms with Crippen molar-refractivity contribution < 1.29 is 14.1 Å². The van der Waals surface area contributed by atoms with E-state index in [0.717, 1.165) is 13.0 Å². The molecule has 0 bridgehead atoms. The summed E-state index contributed by atoms with van der Waals surface area (Å²) in [5.41, 5.74) is 0.673. The number of ether oxygens (including phenoxy) is 1. The van der Waals surface area contributed by atoms with E-state index in [4.69, 9.17) is 16.3 Å². The minimum absolute atomic E-state index is 0.0585. The Morgan fingerprint density at radius 3 is 1.86 bits per heavy atom. The van der Waals surface area contributed by atoms with Gasteiger partial charge in [0.15, 0.2) is 17.5 Å². The minimum Gasteiger partial charge on any atom is -0.352 e. The molecule has 0 aliphatic heterocycles. The zero-order valence-corrected chi connectivity index (χ0v) is 23.6. The molecule has 0 aromatic carbocycles. The topological polar surface area (TPSA) is 42.2 Å². The van der Waals surface area contributed by atoms with Gasteiger partial charge in [0.1, 0.15) is 6.54 Å². The molecule has 0 saturated carbocycles. The molecule has 202 valence electrons. The molecule has 0 saturated heterocycles. The average molecular weight is 518 g/mol. The largest absolute Gasteiger partial charge is 0.352 e. The fourth-order valence-electron chi connectivity index (χ4n) is 4.52. The molecule has 0 atom stereocenters. The Morgan fingerprint density at radius 2 is 1.36 bits per heavy atom. The summed E-state index contributed by atoms with van der Waals surface area (Å²) in [5.74, 6) is 0.0617. The number of alkyl halides is 1. The Labute approximate surface area is 225 Å². The Kier molecular flexibility index (Phi) is 15.8. The summed E-state index contributed by atoms with van der Waals surface area (Å²) in [6.45, 7) is 6.45. The smallest absolute Gasteiger partial charge is 0.251 e. The van der Waals surface area contributed by atoms with E-state index in [1.165, 1.54) is 83.5 Å². The summed E-state index contributed by atoms with van der Waals surface area (Å²) in [7, 11) is 0. The molecular weight excluding hydrogens is 468 g/mol. The monoisotopic (exact) mass is 517 g/mol. The van der Waals surface area contributed by atoms with E-state index < -0.39 is 5.06 Å². The summed E-state index contributed by atoms with van der Waals surface area (Å²) >= 11 is 6.60. The summed E-state index contributed by atoms with van der Waals surface area (Å²) < 4.78 is 7.97. The van der Waals surface area contributed by atoms with Crippen molar-refractivity contribution in [3.05, 3.63) is 54.4 Å². The van der Waals surface area contributed by atoms with Crippen LogP contribution in [0.25, 0.3) is 0 Å². The average Bonchev–Trinajstić information content (AvgIpc) is 2.90. The van der Waals surface area contributed by atoms with Gasteiger partial charge in [0.2, 0.25) is 0 Å². The SMILES string of the molecule is CCCCCCCCCCCCCCCCOC1(Cl)C=CC(CNC(=O)c2cc[n+](CC)cc2)C=C1. The number of aromatic nitrogens is 1. The number of pyridine rings is 1. The zero-order chi connectivity index (χ0) is 25.9. The lowest BCUT2D eigenvalue weighted by molar-refractivity contribution is -0.693. The van der Waals surface area contributed by atoms with Gasteiger partial charge in [-0.15, -0.1) is 0 Å². The first-order valence-corrected chi connectivity index (χ1v) is 14.9. The Bertz CT molecular complexity index is 761. The highest BCUT2D eigenvalue weighted by atomic mass is 35.5. The van der Waals surface area contributed by atoms with Crippen molar-refractivity contribution in [1.82, 2.24) is 5.32 Å². The number of amides is 1. The van der Waals surface area contributed by atoms with Gasteiger partial charge in [-0.2, -0.15) is 0 Å². The van der Waals surface area contributed by atoms with Gasteiger partial charge in [0.25, 0.3) is 5.91 Å². The van der Waals surface area contributed by atoms with Crippen LogP contribution >= 0.6 is 11.6 Å². The van der Waals surface area contributed by atoms with Crippen molar-refractivity contribution in [3.8, 4) is 0 Å². The van der Waals surface area contributed by atoms with Crippen LogP contribution in [-0.2, 0) is 11.3 Å². The van der Waals surface area contributed by atoms with Crippen molar-refractivity contribution in [1.29, 1.82) is 0 Å². The third kappa shape index (κ3) is 13.1. The molecule has 4 nitrogen and oxygen atoms in total. The molecule has 1 aliphatic carbocycles. The van der Waals surface area contributed by atoms with E-state index in [-0.39, 0.29) is 11.8 Å². The third-order valence-electron chi connectivity index (χ3n) is 6.98. The van der Waals surface area contributed by atoms with Crippen LogP contribution in [-0.4, -0.2) is 24.1 Å². The number of hydrogen-bond acceptors (Lipinski definition) is 2. The molecule has 0 radical (unpaired) electrons. The van der Waals surface area contributed by atoms with Crippen molar-refractivity contribution in [3.63, 3.8) is 0 Å². The standard InChI is InChI=1S/C31H49ClN2O2/c1-3-5-6-7-8-9-10-11-12-13-14-15-16-17-26-36-31(32)22-18-28(19-23-31)27-33-30(35)29-20-24-34(4-2)25-21-29/h18-25,28H,3-17,26-27H2,1-2H3/p+1. The van der Waals surface area contributed by atoms with Gasteiger partial charge in [-0.3, -0.25) is 4.79 Å². The summed E-state index contributed by atoms with van der Waals surface area (Å²) in [6, 6.07) is 3.70. The number of nitrogens with zero attached hydrogens (tertiary/aromatic N) is 1. The molecule has 0 spiro atoms. The van der Waals surface area contributed by atoms with Crippen molar-refractivity contribution in [2.75, 3.05) is 13.2 Å². The van der Waals surface area contributed by atoms with Gasteiger partial charge in [0.05, 0.1) is 5.56 Å². The van der Waals surface area contributed by atoms with Gasteiger partial charge < -0.3 is 10.1 Å². The van der Waals surface area contributed by atoms with E-state index in [2.05, 4.69) is 19.2 Å². The number of unbranched alkanes of at least 4 members (excludes halogenated alkanes) is 13. The van der Waals surface area contributed by atoms with E-state index in [9.17, 15) is 4.79 Å². The quantitative estimate of drug-likeness (QED) is 0.0826. The first-order valence-electron chi connectivity index (χ1n) is 14.5. The molecule has 1 amide bonds. The van der Waals surface area contributed by atoms with E-state index in [1.807, 2.05) is 53.4 Å². The maximum absolute atomic E-state index is 12.4. The van der Waals surface area contributed by atoms with E-state index in [1.54, 1.807) is 0 Å². The molecule has 1 heterocycles. The van der Waals surface area contributed by atoms with Crippen molar-refractivity contribution in [2.24, 2.45) is 5.92 Å². The number of carbonyl (C=O) groups is 1. The molecule has 0 fully saturated rings. The number of carbonyl (C=O) groups excluding carboxylic acids is 1. The van der Waals surface area contributed by atoms with Crippen LogP contribution in [0.4, 0.5) is 0 Å². The molecular formula is C31H50ClN2O2+. The maximum Gasteiger partial charge on any atom is 0.251 e. The molecule has 2 rings (SSSR count). The highest BCUT2D eigenvalue weighted by Crippen LogP contribution is 2.27. The fourth-order valence-corrected chi connectivity index (χ4v) is 4.74. The number of aryl methyl sites for hydroxylation is 1. The van der Waals surface area contributed by atoms with Crippen LogP contribution < -0.4 is 9.88 Å². The van der Waals surface area contributed by atoms with Gasteiger partial charge >= 0.3 is 0 Å². The Hall–Kier alpha value is -1.65. The molecule has 5 heteroatoms. The summed E-state index contributed by atoms with van der Waals surface area (Å²) in [5, 5.41) is 2.14. The number of halogens is 1. The zero-order valence-electron chi connectivity index (χ0n) is 22.9. The van der Waals surface area contributed by atoms with Crippen LogP contribution in [0.1, 0.15) is 114 Å². The van der Waals surface area contributed by atoms with Crippen molar-refractivity contribution in [2.45, 2.75) is 115 Å². The summed E-state index contributed by atoms with van der Waals surface area (Å²) in [6.07, 6.45) is 30.6. The fraction of sp³-hybridized carbons (Fsp3) is 0.677. The van der Waals surface area contributed by atoms with Crippen LogP contribution in [0.3, 0.4) is 0 Å². The Morgan fingerprint density at radius 1 is 0.861 bits per heavy atom.